The number of amides is 1. The maximum absolute atomic E-state index is 10.5. The van der Waals surface area contributed by atoms with E-state index < -0.39 is 0 Å². The summed E-state index contributed by atoms with van der Waals surface area (Å²) in [6.45, 7) is 8.15. The first kappa shape index (κ1) is 17.1. The number of nitrogens with two attached hydrogens (primary N) is 1. The highest BCUT2D eigenvalue weighted by Crippen LogP contribution is 2.01. The van der Waals surface area contributed by atoms with Crippen molar-refractivity contribution in [1.82, 2.24) is 4.90 Å². The first-order valence-electron chi connectivity index (χ1n) is 6.27. The Morgan fingerprint density at radius 1 is 1.32 bits per heavy atom. The van der Waals surface area contributed by atoms with E-state index in [2.05, 4.69) is 18.1 Å². The van der Waals surface area contributed by atoms with Gasteiger partial charge in [-0.15, -0.1) is 0 Å². The van der Waals surface area contributed by atoms with Crippen LogP contribution < -0.4 is 5.73 Å². The molecule has 1 aromatic carbocycles. The Hall–Kier alpha value is -1.87. The lowest BCUT2D eigenvalue weighted by atomic mass is 10.1. The summed E-state index contributed by atoms with van der Waals surface area (Å²) in [7, 11) is 3.99. The molecule has 1 aromatic rings. The summed E-state index contributed by atoms with van der Waals surface area (Å²) in [4.78, 5) is 12.5. The van der Waals surface area contributed by atoms with Gasteiger partial charge < -0.3 is 10.6 Å². The highest BCUT2D eigenvalue weighted by Gasteiger charge is 2.00. The molecule has 0 unspecified atom stereocenters. The van der Waals surface area contributed by atoms with Crippen LogP contribution in [0.1, 0.15) is 18.4 Å². The summed E-state index contributed by atoms with van der Waals surface area (Å²) in [6.07, 6.45) is 3.47. The fourth-order valence-corrected chi connectivity index (χ4v) is 1.32. The zero-order chi connectivity index (χ0) is 14.7. The van der Waals surface area contributed by atoms with Crippen LogP contribution in [-0.4, -0.2) is 31.4 Å². The van der Waals surface area contributed by atoms with Gasteiger partial charge in [0.1, 0.15) is 0 Å². The van der Waals surface area contributed by atoms with Crippen molar-refractivity contribution in [2.75, 3.05) is 20.6 Å². The third-order valence-corrected chi connectivity index (χ3v) is 2.47. The molecule has 0 fully saturated rings. The van der Waals surface area contributed by atoms with Crippen LogP contribution in [-0.2, 0) is 4.79 Å². The highest BCUT2D eigenvalue weighted by molar-refractivity contribution is 5.91. The Balaban J connectivity index is 0.000000356. The fraction of sp³-hybridized carbons (Fsp3) is 0.312. The number of hydrogen-bond acceptors (Lipinski definition) is 2. The first-order chi connectivity index (χ1) is 8.97. The Morgan fingerprint density at radius 3 is 2.26 bits per heavy atom. The number of carbonyl (C=O) groups is 1. The molecular weight excluding hydrogens is 236 g/mol. The molecule has 0 aliphatic carbocycles. The van der Waals surface area contributed by atoms with E-state index in [-0.39, 0.29) is 5.91 Å². The molecule has 0 heterocycles. The molecule has 19 heavy (non-hydrogen) atoms. The second-order valence-electron chi connectivity index (χ2n) is 4.49. The van der Waals surface area contributed by atoms with Gasteiger partial charge in [0, 0.05) is 5.57 Å². The normalized spacial score (nSPS) is 9.42. The van der Waals surface area contributed by atoms with E-state index in [0.717, 1.165) is 13.0 Å². The Morgan fingerprint density at radius 2 is 1.89 bits per heavy atom. The van der Waals surface area contributed by atoms with Gasteiger partial charge in [0.25, 0.3) is 0 Å². The molecule has 1 amide bonds. The molecule has 104 valence electrons. The van der Waals surface area contributed by atoms with Crippen LogP contribution in [0, 0.1) is 0 Å². The number of hydrogen-bond donors (Lipinski definition) is 1. The van der Waals surface area contributed by atoms with Gasteiger partial charge in [-0.2, -0.15) is 0 Å². The summed E-state index contributed by atoms with van der Waals surface area (Å²) < 4.78 is 0. The van der Waals surface area contributed by atoms with Crippen LogP contribution in [0.15, 0.2) is 49.1 Å². The minimum Gasteiger partial charge on any atom is -0.366 e. The SMILES string of the molecule is C=C(CCCN(C)C)C(N)=O.C=Cc1ccccc1. The molecule has 0 spiro atoms. The van der Waals surface area contributed by atoms with Crippen molar-refractivity contribution < 1.29 is 4.79 Å². The number of carbonyl (C=O) groups excluding carboxylic acids is 1. The lowest BCUT2D eigenvalue weighted by Crippen LogP contribution is -2.16. The number of nitrogens with zero attached hydrogens (tertiary/aromatic N) is 1. The molecule has 1 rings (SSSR count). The molecule has 0 aliphatic heterocycles. The predicted octanol–water partition coefficient (Wildman–Crippen LogP) is 2.70. The second kappa shape index (κ2) is 10.1. The molecular formula is C16H24N2O. The van der Waals surface area contributed by atoms with Gasteiger partial charge in [-0.05, 0) is 39.0 Å². The smallest absolute Gasteiger partial charge is 0.244 e. The van der Waals surface area contributed by atoms with Crippen molar-refractivity contribution in [2.24, 2.45) is 5.73 Å². The lowest BCUT2D eigenvalue weighted by Gasteiger charge is -2.08. The van der Waals surface area contributed by atoms with Gasteiger partial charge in [0.05, 0.1) is 0 Å². The first-order valence-corrected chi connectivity index (χ1v) is 6.27. The summed E-state index contributed by atoms with van der Waals surface area (Å²) in [6, 6.07) is 10.0. The van der Waals surface area contributed by atoms with Gasteiger partial charge in [-0.3, -0.25) is 4.79 Å². The van der Waals surface area contributed by atoms with Gasteiger partial charge in [0.2, 0.25) is 5.91 Å². The summed E-state index contributed by atoms with van der Waals surface area (Å²) >= 11 is 0. The Bertz CT molecular complexity index is 396. The predicted molar refractivity (Wildman–Crippen MR) is 82.7 cm³/mol. The Kier molecular flexibility index (Phi) is 9.10. The fourth-order valence-electron chi connectivity index (χ4n) is 1.32. The van der Waals surface area contributed by atoms with Crippen LogP contribution in [0.3, 0.4) is 0 Å². The Labute approximate surface area is 116 Å². The molecule has 3 heteroatoms. The van der Waals surface area contributed by atoms with E-state index in [1.807, 2.05) is 50.5 Å². The largest absolute Gasteiger partial charge is 0.366 e. The van der Waals surface area contributed by atoms with Crippen LogP contribution in [0.5, 0.6) is 0 Å². The van der Waals surface area contributed by atoms with Crippen LogP contribution in [0.25, 0.3) is 6.08 Å². The summed E-state index contributed by atoms with van der Waals surface area (Å²) in [5.74, 6) is -0.385. The van der Waals surface area contributed by atoms with Crippen LogP contribution >= 0.6 is 0 Å². The number of benzene rings is 1. The minimum atomic E-state index is -0.385. The molecule has 0 aromatic heterocycles. The van der Waals surface area contributed by atoms with Gasteiger partial charge in [0.15, 0.2) is 0 Å². The molecule has 0 bridgehead atoms. The van der Waals surface area contributed by atoms with E-state index in [1.165, 1.54) is 5.56 Å². The van der Waals surface area contributed by atoms with E-state index in [0.29, 0.717) is 12.0 Å². The molecule has 2 N–H and O–H groups in total. The molecule has 0 saturated carbocycles. The maximum atomic E-state index is 10.5. The van der Waals surface area contributed by atoms with Crippen molar-refractivity contribution in [1.29, 1.82) is 0 Å². The zero-order valence-corrected chi connectivity index (χ0v) is 11.9. The summed E-state index contributed by atoms with van der Waals surface area (Å²) in [5.41, 5.74) is 6.69. The average Bonchev–Trinajstić information content (AvgIpc) is 2.39. The number of primary amides is 1. The minimum absolute atomic E-state index is 0.385. The van der Waals surface area contributed by atoms with Gasteiger partial charge in [-0.1, -0.05) is 49.6 Å². The van der Waals surface area contributed by atoms with Crippen molar-refractivity contribution >= 4 is 12.0 Å². The average molecular weight is 260 g/mol. The number of rotatable bonds is 6. The quantitative estimate of drug-likeness (QED) is 0.799. The van der Waals surface area contributed by atoms with E-state index >= 15 is 0 Å². The molecule has 0 aliphatic rings. The molecule has 3 nitrogen and oxygen atoms in total. The second-order valence-corrected chi connectivity index (χ2v) is 4.49. The van der Waals surface area contributed by atoms with E-state index in [9.17, 15) is 4.79 Å². The van der Waals surface area contributed by atoms with Crippen LogP contribution in [0.2, 0.25) is 0 Å². The van der Waals surface area contributed by atoms with Crippen molar-refractivity contribution in [3.05, 3.63) is 54.6 Å². The van der Waals surface area contributed by atoms with E-state index in [4.69, 9.17) is 5.73 Å². The van der Waals surface area contributed by atoms with Gasteiger partial charge in [-0.25, -0.2) is 0 Å². The standard InChI is InChI=1S/C8H16N2O.C8H8/c1-7(8(9)11)5-4-6-10(2)3;1-2-8-6-4-3-5-7-8/h1,4-6H2,2-3H3,(H2,9,11);2-7H,1H2. The third kappa shape index (κ3) is 9.80. The maximum Gasteiger partial charge on any atom is 0.244 e. The molecule has 0 atom stereocenters. The zero-order valence-electron chi connectivity index (χ0n) is 11.9. The van der Waals surface area contributed by atoms with Gasteiger partial charge >= 0.3 is 0 Å². The topological polar surface area (TPSA) is 46.3 Å². The monoisotopic (exact) mass is 260 g/mol. The third-order valence-electron chi connectivity index (χ3n) is 2.47. The summed E-state index contributed by atoms with van der Waals surface area (Å²) in [5, 5.41) is 0. The van der Waals surface area contributed by atoms with Crippen molar-refractivity contribution in [2.45, 2.75) is 12.8 Å². The van der Waals surface area contributed by atoms with Crippen molar-refractivity contribution in [3.63, 3.8) is 0 Å². The van der Waals surface area contributed by atoms with Crippen molar-refractivity contribution in [3.8, 4) is 0 Å². The lowest BCUT2D eigenvalue weighted by molar-refractivity contribution is -0.114. The molecule has 0 saturated heterocycles. The highest BCUT2D eigenvalue weighted by atomic mass is 16.1. The van der Waals surface area contributed by atoms with E-state index in [1.54, 1.807) is 0 Å². The van der Waals surface area contributed by atoms with Crippen LogP contribution in [0.4, 0.5) is 0 Å². The molecule has 0 radical (unpaired) electrons.